The summed E-state index contributed by atoms with van der Waals surface area (Å²) in [4.78, 5) is 10.6. The van der Waals surface area contributed by atoms with E-state index in [-0.39, 0.29) is 37.4 Å². The van der Waals surface area contributed by atoms with Crippen molar-refractivity contribution in [2.24, 2.45) is 0 Å². The monoisotopic (exact) mass is 1500 g/mol. The SMILES string of the molecule is CCCCCCCCCCCCCCCC[N+](C)(C)C.CCCC[N+](C)(CCCC)CCCC.CCC[N+](COC)(COC)COC.CC[N+](CC)(CC)Cc1ccccc1.COC(=O)C[N+](C)(C)C.C[N+](C)(C)CO.C[N+](C)(C)Cc1ccccc1.C[N+](C)(C)c1ccccc1.C[N+](CO)(CO)CO. The van der Waals surface area contributed by atoms with E-state index in [0.29, 0.717) is 40.2 Å². The van der Waals surface area contributed by atoms with Gasteiger partial charge in [-0.25, -0.2) is 4.79 Å². The Morgan fingerprint density at radius 1 is 0.314 bits per heavy atom. The molecule has 622 valence electrons. The Kier molecular flexibility index (Phi) is 73.3. The second-order valence-corrected chi connectivity index (χ2v) is 34.5. The third-order valence-electron chi connectivity index (χ3n) is 17.9. The number of aliphatic hydroxyl groups excluding tert-OH is 4. The van der Waals surface area contributed by atoms with Gasteiger partial charge in [-0.2, -0.15) is 0 Å². The average molecular weight is 1500 g/mol. The van der Waals surface area contributed by atoms with Gasteiger partial charge >= 0.3 is 5.97 Å². The molecule has 3 rings (SSSR count). The van der Waals surface area contributed by atoms with Gasteiger partial charge in [-0.3, -0.25) is 13.4 Å². The molecule has 0 aliphatic rings. The zero-order valence-corrected chi connectivity index (χ0v) is 75.1. The molecule has 0 radical (unpaired) electrons. The maximum atomic E-state index is 10.6. The van der Waals surface area contributed by atoms with Crippen LogP contribution >= 0.6 is 0 Å². The van der Waals surface area contributed by atoms with E-state index in [1.54, 1.807) is 28.4 Å². The number of rotatable bonds is 46. The molecule has 0 aromatic heterocycles. The lowest BCUT2D eigenvalue weighted by molar-refractivity contribution is -0.977. The van der Waals surface area contributed by atoms with E-state index in [1.165, 1.54) is 214 Å². The fraction of sp³-hybridized carbons (Fsp3) is 0.782. The van der Waals surface area contributed by atoms with Crippen LogP contribution < -0.4 is 4.48 Å². The molecular formula is C87H184N9O9+9. The number of likely N-dealkylation sites (N-methyl/N-ethyl adjacent to an activating group) is 1. The van der Waals surface area contributed by atoms with E-state index in [4.69, 9.17) is 34.6 Å². The van der Waals surface area contributed by atoms with Crippen LogP contribution in [0, 0.1) is 0 Å². The number of benzene rings is 3. The predicted octanol–water partition coefficient (Wildman–Crippen LogP) is 15.7. The summed E-state index contributed by atoms with van der Waals surface area (Å²) in [5.74, 6) is -0.164. The van der Waals surface area contributed by atoms with Gasteiger partial charge in [0.15, 0.2) is 53.7 Å². The van der Waals surface area contributed by atoms with E-state index >= 15 is 0 Å². The quantitative estimate of drug-likeness (QED) is 0.0189. The molecule has 0 unspecified atom stereocenters. The van der Waals surface area contributed by atoms with Crippen LogP contribution in [-0.2, 0) is 36.8 Å². The van der Waals surface area contributed by atoms with Crippen molar-refractivity contribution in [3.63, 3.8) is 0 Å². The molecular weight excluding hydrogens is 1320 g/mol. The molecule has 3 aromatic carbocycles. The molecule has 0 aliphatic carbocycles. The first-order chi connectivity index (χ1) is 49.1. The summed E-state index contributed by atoms with van der Waals surface area (Å²) in [6.45, 7) is 32.4. The molecule has 0 aliphatic heterocycles. The molecule has 18 nitrogen and oxygen atoms in total. The number of methoxy groups -OCH3 is 4. The first kappa shape index (κ1) is 112. The van der Waals surface area contributed by atoms with Crippen LogP contribution in [-0.4, -0.2) is 317 Å². The van der Waals surface area contributed by atoms with Gasteiger partial charge in [0, 0.05) is 32.5 Å². The lowest BCUT2D eigenvalue weighted by Gasteiger charge is -2.35. The topological polar surface area (TPSA) is 135 Å². The number of ether oxygens (including phenoxy) is 4. The van der Waals surface area contributed by atoms with Crippen molar-refractivity contribution in [3.05, 3.63) is 102 Å². The highest BCUT2D eigenvalue weighted by Crippen LogP contribution is 2.18. The summed E-state index contributed by atoms with van der Waals surface area (Å²) >= 11 is 0. The summed E-state index contributed by atoms with van der Waals surface area (Å²) < 4.78 is 27.3. The molecule has 4 N–H and O–H groups in total. The van der Waals surface area contributed by atoms with Gasteiger partial charge in [0.05, 0.1) is 179 Å². The van der Waals surface area contributed by atoms with Crippen LogP contribution in [0.4, 0.5) is 5.69 Å². The fourth-order valence-corrected chi connectivity index (χ4v) is 10.9. The number of carbonyl (C=O) groups is 1. The van der Waals surface area contributed by atoms with Crippen molar-refractivity contribution in [2.45, 2.75) is 203 Å². The van der Waals surface area contributed by atoms with E-state index in [0.717, 1.165) is 33.0 Å². The largest absolute Gasteiger partial charge is 0.465 e. The van der Waals surface area contributed by atoms with Crippen LogP contribution in [0.1, 0.15) is 201 Å². The van der Waals surface area contributed by atoms with Crippen molar-refractivity contribution in [3.8, 4) is 0 Å². The summed E-state index contributed by atoms with van der Waals surface area (Å²) in [6.07, 6.45) is 29.7. The molecule has 0 saturated heterocycles. The first-order valence-corrected chi connectivity index (χ1v) is 40.6. The number of hydrogen-bond donors (Lipinski definition) is 4. The van der Waals surface area contributed by atoms with Crippen molar-refractivity contribution in [1.82, 2.24) is 4.48 Å². The molecule has 0 spiro atoms. The standard InChI is InChI=1S/C19H42N.C13H22N.C13H30N.C10H16N.C9H22NO3.C9H14N.C6H14NO2.C4H12NO3.C4H12NO/c1-5-6-7-8-9-10-11-12-13-14-15-16-17-18-19-20(2,3)4;1-4-14(5-2,6-3)12-13-10-8-7-9-11-13;1-5-8-11-14(4,12-9-6-2)13-10-7-3;1-11(2,3)9-10-7-5-4-6-8-10;1-5-6-10(7-11-2,8-12-3)9-13-4;1-10(2,3)9-7-5-4-6-8-9;1-7(2,3)5-6(8)9-4;1-5(2-6,3-7)4-8;1-5(2,3)4-6/h5-19H2,1-4H3;7-11H,4-6,12H2,1-3H3;5-13H2,1-4H3;4-8H,9H2,1-3H3;5-9H2,1-4H3;4-8H,1-3H3;5H2,1-4H3;6-8H,2-4H2,1H3;6H,4H2,1-3H3/q9*+1. The van der Waals surface area contributed by atoms with Crippen LogP contribution in [0.3, 0.4) is 0 Å². The van der Waals surface area contributed by atoms with Crippen LogP contribution in [0.15, 0.2) is 91.0 Å². The van der Waals surface area contributed by atoms with Gasteiger partial charge in [-0.05, 0) is 71.4 Å². The van der Waals surface area contributed by atoms with Crippen LogP contribution in [0.2, 0.25) is 0 Å². The molecule has 3 aromatic rings. The highest BCUT2D eigenvalue weighted by molar-refractivity contribution is 5.70. The summed E-state index contributed by atoms with van der Waals surface area (Å²) in [5, 5.41) is 33.7. The number of carbonyl (C=O) groups excluding carboxylic acids is 1. The Morgan fingerprint density at radius 2 is 0.629 bits per heavy atom. The molecule has 0 bridgehead atoms. The molecule has 105 heavy (non-hydrogen) atoms. The second-order valence-electron chi connectivity index (χ2n) is 34.5. The molecule has 0 fully saturated rings. The van der Waals surface area contributed by atoms with E-state index in [1.807, 2.05) is 48.4 Å². The van der Waals surface area contributed by atoms with Gasteiger partial charge in [0.2, 0.25) is 0 Å². The van der Waals surface area contributed by atoms with E-state index in [9.17, 15) is 4.79 Å². The highest BCUT2D eigenvalue weighted by atomic mass is 16.5. The molecule has 0 amide bonds. The van der Waals surface area contributed by atoms with Crippen molar-refractivity contribution in [1.29, 1.82) is 0 Å². The van der Waals surface area contributed by atoms with Gasteiger partial charge in [-0.1, -0.05) is 210 Å². The zero-order chi connectivity index (χ0) is 81.8. The van der Waals surface area contributed by atoms with E-state index < -0.39 is 0 Å². The smallest absolute Gasteiger partial charge is 0.361 e. The zero-order valence-electron chi connectivity index (χ0n) is 75.1. The lowest BCUT2D eigenvalue weighted by atomic mass is 10.0. The fourth-order valence-electron chi connectivity index (χ4n) is 10.9. The molecule has 18 heteroatoms. The lowest BCUT2D eigenvalue weighted by Crippen LogP contribution is -2.52. The number of nitrogens with zero attached hydrogens (tertiary/aromatic N) is 9. The van der Waals surface area contributed by atoms with Crippen LogP contribution in [0.25, 0.3) is 0 Å². The number of para-hydroxylation sites is 1. The van der Waals surface area contributed by atoms with Crippen molar-refractivity contribution >= 4 is 11.7 Å². The Labute approximate surface area is 652 Å². The molecule has 0 atom stereocenters. The Balaban J connectivity index is -0.000000267. The number of esters is 1. The van der Waals surface area contributed by atoms with E-state index in [2.05, 4.69) is 216 Å². The Bertz CT molecular complexity index is 2200. The van der Waals surface area contributed by atoms with Gasteiger partial charge < -0.3 is 66.3 Å². The van der Waals surface area contributed by atoms with Gasteiger partial charge in [0.1, 0.15) is 18.8 Å². The van der Waals surface area contributed by atoms with Crippen molar-refractivity contribution in [2.75, 3.05) is 254 Å². The normalized spacial score (nSPS) is 11.8. The third kappa shape index (κ3) is 77.0. The minimum Gasteiger partial charge on any atom is -0.465 e. The first-order valence-electron chi connectivity index (χ1n) is 40.6. The molecule has 0 saturated carbocycles. The maximum Gasteiger partial charge on any atom is 0.361 e. The number of quaternary nitrogens is 9. The minimum absolute atomic E-state index is 0.125. The Morgan fingerprint density at radius 3 is 0.848 bits per heavy atom. The number of aliphatic hydroxyl groups is 4. The summed E-state index contributed by atoms with van der Waals surface area (Å²) in [5.41, 5.74) is 4.19. The molecule has 0 heterocycles. The third-order valence-corrected chi connectivity index (χ3v) is 17.9. The maximum absolute atomic E-state index is 10.6. The predicted molar refractivity (Wildman–Crippen MR) is 453 cm³/mol. The minimum atomic E-state index is -0.243. The second kappa shape index (κ2) is 68.5. The summed E-state index contributed by atoms with van der Waals surface area (Å²) in [6, 6.07) is 31.8. The average Bonchev–Trinajstić information content (AvgIpc) is 0.858. The highest BCUT2D eigenvalue weighted by Gasteiger charge is 2.26. The van der Waals surface area contributed by atoms with Crippen molar-refractivity contribution < 1.29 is 80.0 Å². The number of hydrogen-bond acceptors (Lipinski definition) is 9. The number of unbranched alkanes of at least 4 members (excludes halogenated alkanes) is 16. The van der Waals surface area contributed by atoms with Crippen LogP contribution in [0.5, 0.6) is 0 Å². The van der Waals surface area contributed by atoms with Gasteiger partial charge in [0.25, 0.3) is 0 Å². The Hall–Kier alpha value is -3.51. The van der Waals surface area contributed by atoms with Gasteiger partial charge in [-0.15, -0.1) is 0 Å². The summed E-state index contributed by atoms with van der Waals surface area (Å²) in [7, 11) is 42.1.